The van der Waals surface area contributed by atoms with Crippen molar-refractivity contribution < 1.29 is 9.13 Å². The van der Waals surface area contributed by atoms with E-state index in [1.54, 1.807) is 6.07 Å². The zero-order valence-electron chi connectivity index (χ0n) is 20.0. The summed E-state index contributed by atoms with van der Waals surface area (Å²) in [7, 11) is 1.86. The maximum Gasteiger partial charge on any atom is 0.127 e. The summed E-state index contributed by atoms with van der Waals surface area (Å²) in [5, 5.41) is 13.0. The van der Waals surface area contributed by atoms with Gasteiger partial charge in [-0.2, -0.15) is 5.26 Å². The summed E-state index contributed by atoms with van der Waals surface area (Å²) in [5.41, 5.74) is 11.8. The van der Waals surface area contributed by atoms with Crippen LogP contribution in [-0.4, -0.2) is 31.3 Å². The van der Waals surface area contributed by atoms with Gasteiger partial charge in [0.2, 0.25) is 0 Å². The Balaban J connectivity index is 1.38. The van der Waals surface area contributed by atoms with Gasteiger partial charge in [0.15, 0.2) is 0 Å². The molecule has 5 unspecified atom stereocenters. The van der Waals surface area contributed by atoms with Crippen LogP contribution in [0, 0.1) is 35.9 Å². The second-order valence-corrected chi connectivity index (χ2v) is 10.1. The number of hydrazine groups is 1. The Kier molecular flexibility index (Phi) is 6.94. The first-order chi connectivity index (χ1) is 16.6. The molecule has 2 aliphatic heterocycles. The van der Waals surface area contributed by atoms with E-state index in [0.29, 0.717) is 24.4 Å². The standard InChI is InChI=1S/C27H34FN5O/c1-16-9-17(14-30-2)10-23(28)26(16)21-12-22-25(11-20(21)13-29)32-33-27(22)19-3-4-24(31-15-19)18-5-7-34-8-6-18/h3-4,9-10,15,18,20-22,25,27,30,32-33H,5-8,11-12,14H2,1-2H3. The number of aryl methyl sites for hydroxylation is 1. The zero-order valence-corrected chi connectivity index (χ0v) is 20.0. The molecule has 0 amide bonds. The lowest BCUT2D eigenvalue weighted by Gasteiger charge is -2.37. The van der Waals surface area contributed by atoms with Crippen LogP contribution >= 0.6 is 0 Å². The lowest BCUT2D eigenvalue weighted by molar-refractivity contribution is 0.0845. The van der Waals surface area contributed by atoms with Crippen molar-refractivity contribution in [3.63, 3.8) is 0 Å². The Morgan fingerprint density at radius 1 is 1.21 bits per heavy atom. The van der Waals surface area contributed by atoms with Gasteiger partial charge in [0.25, 0.3) is 0 Å². The first-order valence-corrected chi connectivity index (χ1v) is 12.5. The summed E-state index contributed by atoms with van der Waals surface area (Å²) in [6, 6.07) is 10.8. The number of rotatable bonds is 5. The van der Waals surface area contributed by atoms with Gasteiger partial charge in [-0.05, 0) is 80.0 Å². The second kappa shape index (κ2) is 10.1. The van der Waals surface area contributed by atoms with Crippen LogP contribution in [0.25, 0.3) is 0 Å². The number of nitriles is 1. The van der Waals surface area contributed by atoms with E-state index in [9.17, 15) is 5.26 Å². The molecule has 0 bridgehead atoms. The number of nitrogens with zero attached hydrogens (tertiary/aromatic N) is 2. The largest absolute Gasteiger partial charge is 0.381 e. The van der Waals surface area contributed by atoms with Crippen LogP contribution in [0.5, 0.6) is 0 Å². The summed E-state index contributed by atoms with van der Waals surface area (Å²) in [6.07, 6.45) is 5.51. The van der Waals surface area contributed by atoms with Crippen molar-refractivity contribution in [1.29, 1.82) is 5.26 Å². The van der Waals surface area contributed by atoms with Crippen molar-refractivity contribution >= 4 is 0 Å². The van der Waals surface area contributed by atoms with Gasteiger partial charge in [0.05, 0.1) is 18.0 Å². The molecule has 5 atom stereocenters. The molecule has 5 rings (SSSR count). The van der Waals surface area contributed by atoms with Crippen molar-refractivity contribution in [2.45, 2.75) is 63.1 Å². The number of benzene rings is 1. The predicted molar refractivity (Wildman–Crippen MR) is 128 cm³/mol. The van der Waals surface area contributed by atoms with Crippen LogP contribution in [0.2, 0.25) is 0 Å². The third-order valence-electron chi connectivity index (χ3n) is 8.01. The third-order valence-corrected chi connectivity index (χ3v) is 8.01. The van der Waals surface area contributed by atoms with Crippen molar-refractivity contribution in [2.75, 3.05) is 20.3 Å². The average Bonchev–Trinajstić information content (AvgIpc) is 3.27. The maximum atomic E-state index is 15.3. The second-order valence-electron chi connectivity index (χ2n) is 10.1. The van der Waals surface area contributed by atoms with Crippen molar-refractivity contribution in [3.8, 4) is 6.07 Å². The minimum atomic E-state index is -0.216. The highest BCUT2D eigenvalue weighted by atomic mass is 19.1. The molecule has 2 saturated heterocycles. The molecule has 1 aromatic heterocycles. The first kappa shape index (κ1) is 23.4. The predicted octanol–water partition coefficient (Wildman–Crippen LogP) is 3.99. The number of ether oxygens (including phenoxy) is 1. The minimum absolute atomic E-state index is 0.0929. The molecule has 34 heavy (non-hydrogen) atoms. The van der Waals surface area contributed by atoms with Gasteiger partial charge in [-0.25, -0.2) is 9.82 Å². The molecule has 3 fully saturated rings. The molecule has 3 N–H and O–H groups in total. The molecule has 180 valence electrons. The zero-order chi connectivity index (χ0) is 23.7. The van der Waals surface area contributed by atoms with Crippen LogP contribution in [0.1, 0.15) is 71.5 Å². The molecular formula is C27H34FN5O. The van der Waals surface area contributed by atoms with Crippen molar-refractivity contribution in [1.82, 2.24) is 21.2 Å². The maximum absolute atomic E-state index is 15.3. The van der Waals surface area contributed by atoms with Gasteiger partial charge in [-0.15, -0.1) is 0 Å². The van der Waals surface area contributed by atoms with Gasteiger partial charge in [0.1, 0.15) is 5.82 Å². The minimum Gasteiger partial charge on any atom is -0.381 e. The van der Waals surface area contributed by atoms with E-state index in [2.05, 4.69) is 40.4 Å². The normalized spacial score (nSPS) is 29.5. The lowest BCUT2D eigenvalue weighted by atomic mass is 9.66. The molecule has 3 aliphatic rings. The third kappa shape index (κ3) is 4.48. The van der Waals surface area contributed by atoms with Gasteiger partial charge in [-0.3, -0.25) is 10.4 Å². The van der Waals surface area contributed by atoms with Crippen LogP contribution in [0.15, 0.2) is 30.5 Å². The van der Waals surface area contributed by atoms with Crippen molar-refractivity contribution in [2.24, 2.45) is 11.8 Å². The van der Waals surface area contributed by atoms with Crippen LogP contribution < -0.4 is 16.2 Å². The van der Waals surface area contributed by atoms with E-state index in [0.717, 1.165) is 54.9 Å². The van der Waals surface area contributed by atoms with Gasteiger partial charge >= 0.3 is 0 Å². The van der Waals surface area contributed by atoms with Gasteiger partial charge in [-0.1, -0.05) is 12.1 Å². The fraction of sp³-hybridized carbons (Fsp3) is 0.556. The molecule has 1 saturated carbocycles. The Hall–Kier alpha value is -2.37. The topological polar surface area (TPSA) is 82.0 Å². The molecular weight excluding hydrogens is 429 g/mol. The summed E-state index contributed by atoms with van der Waals surface area (Å²) >= 11 is 0. The Labute approximate surface area is 201 Å². The quantitative estimate of drug-likeness (QED) is 0.622. The summed E-state index contributed by atoms with van der Waals surface area (Å²) in [6.45, 7) is 4.21. The average molecular weight is 464 g/mol. The van der Waals surface area contributed by atoms with E-state index in [4.69, 9.17) is 9.72 Å². The smallest absolute Gasteiger partial charge is 0.127 e. The van der Waals surface area contributed by atoms with Crippen LogP contribution in [0.4, 0.5) is 4.39 Å². The van der Waals surface area contributed by atoms with Crippen LogP contribution in [0.3, 0.4) is 0 Å². The Morgan fingerprint density at radius 3 is 2.71 bits per heavy atom. The molecule has 0 spiro atoms. The number of halogens is 1. The highest BCUT2D eigenvalue weighted by Gasteiger charge is 2.46. The highest BCUT2D eigenvalue weighted by molar-refractivity contribution is 5.37. The number of hydrogen-bond acceptors (Lipinski definition) is 6. The fourth-order valence-electron chi connectivity index (χ4n) is 6.30. The molecule has 2 aromatic rings. The van der Waals surface area contributed by atoms with Gasteiger partial charge < -0.3 is 10.1 Å². The Morgan fingerprint density at radius 2 is 2.03 bits per heavy atom. The highest BCUT2D eigenvalue weighted by Crippen LogP contribution is 2.48. The fourth-order valence-corrected chi connectivity index (χ4v) is 6.30. The molecule has 1 aliphatic carbocycles. The van der Waals surface area contributed by atoms with E-state index < -0.39 is 0 Å². The van der Waals surface area contributed by atoms with Gasteiger partial charge in [0, 0.05) is 49.5 Å². The summed E-state index contributed by atoms with van der Waals surface area (Å²) < 4.78 is 20.8. The summed E-state index contributed by atoms with van der Waals surface area (Å²) in [5.74, 6) is 0.214. The van der Waals surface area contributed by atoms with E-state index >= 15 is 4.39 Å². The van der Waals surface area contributed by atoms with E-state index in [1.807, 2.05) is 20.2 Å². The number of pyridine rings is 1. The van der Waals surface area contributed by atoms with E-state index in [1.165, 1.54) is 0 Å². The first-order valence-electron chi connectivity index (χ1n) is 12.5. The number of fused-ring (bicyclic) bond motifs is 1. The van der Waals surface area contributed by atoms with E-state index in [-0.39, 0.29) is 35.7 Å². The lowest BCUT2D eigenvalue weighted by Crippen LogP contribution is -2.39. The molecule has 7 heteroatoms. The SMILES string of the molecule is CNCc1cc(C)c(C2CC3C(CC2C#N)NNC3c2ccc(C3CCOCC3)nc2)c(F)c1. The Bertz CT molecular complexity index is 1020. The number of aromatic nitrogens is 1. The number of hydrogen-bond donors (Lipinski definition) is 3. The van der Waals surface area contributed by atoms with Crippen LogP contribution in [-0.2, 0) is 11.3 Å². The molecule has 0 radical (unpaired) electrons. The molecule has 6 nitrogen and oxygen atoms in total. The molecule has 3 heterocycles. The number of nitrogens with one attached hydrogen (secondary N) is 3. The monoisotopic (exact) mass is 463 g/mol. The molecule has 1 aromatic carbocycles. The summed E-state index contributed by atoms with van der Waals surface area (Å²) in [4.78, 5) is 4.81. The van der Waals surface area contributed by atoms with Crippen molar-refractivity contribution in [3.05, 3.63) is 64.2 Å².